The molecule has 5 N–H and O–H groups in total. The molecule has 1 aliphatic carbocycles. The maximum atomic E-state index is 13.3. The van der Waals surface area contributed by atoms with Crippen LogP contribution >= 0.6 is 0 Å². The Labute approximate surface area is 279 Å². The SMILES string of the molecule is COc1cc(C2c3cc4c(cc3[C@@H](NC(=O)CCCCCCCCCCCCNCCCN)[C@H]3COC(=O)[C@H]23)OCO4)cc(C)c1O. The third-order valence-electron chi connectivity index (χ3n) is 9.94. The molecule has 2 aromatic rings. The fourth-order valence-electron chi connectivity index (χ4n) is 7.40. The van der Waals surface area contributed by atoms with Crippen LogP contribution in [0.2, 0.25) is 0 Å². The molecule has 0 saturated carbocycles. The Morgan fingerprint density at radius 1 is 0.894 bits per heavy atom. The highest BCUT2D eigenvalue weighted by molar-refractivity contribution is 5.81. The zero-order valence-corrected chi connectivity index (χ0v) is 28.1. The van der Waals surface area contributed by atoms with Crippen LogP contribution in [0.4, 0.5) is 0 Å². The number of hydrogen-bond acceptors (Lipinski definition) is 9. The van der Waals surface area contributed by atoms with Gasteiger partial charge in [-0.1, -0.05) is 57.4 Å². The standard InChI is InChI=1S/C37H53N3O7/c1-24-18-25(19-31(44-2)36(24)42)33-26-20-29-30(47-23-46-29)21-27(26)35(28-22-45-37(43)34(28)33)40-32(41)14-11-9-7-5-3-4-6-8-10-12-16-39-17-13-15-38/h18-21,28,33-35,39,42H,3-17,22-23,38H2,1-2H3,(H,40,41)/t28-,33?,34-,35+/m0/s1. The Balaban J connectivity index is 1.15. The van der Waals surface area contributed by atoms with Crippen LogP contribution in [0, 0.1) is 18.8 Å². The second-order valence-corrected chi connectivity index (χ2v) is 13.2. The van der Waals surface area contributed by atoms with Crippen molar-refractivity contribution in [2.24, 2.45) is 17.6 Å². The van der Waals surface area contributed by atoms with Crippen LogP contribution in [-0.4, -0.2) is 57.1 Å². The fourth-order valence-corrected chi connectivity index (χ4v) is 7.40. The number of nitrogens with two attached hydrogens (primary N) is 1. The van der Waals surface area contributed by atoms with Gasteiger partial charge in [0.25, 0.3) is 0 Å². The predicted octanol–water partition coefficient (Wildman–Crippen LogP) is 5.76. The van der Waals surface area contributed by atoms with Crippen molar-refractivity contribution in [3.63, 3.8) is 0 Å². The van der Waals surface area contributed by atoms with Crippen molar-refractivity contribution in [2.45, 2.75) is 95.9 Å². The molecule has 1 fully saturated rings. The van der Waals surface area contributed by atoms with E-state index in [2.05, 4.69) is 10.6 Å². The van der Waals surface area contributed by atoms with Gasteiger partial charge < -0.3 is 40.4 Å². The highest BCUT2D eigenvalue weighted by Gasteiger charge is 2.53. The molecule has 2 aromatic carbocycles. The normalized spacial score (nSPS) is 20.9. The maximum Gasteiger partial charge on any atom is 0.310 e. The first kappa shape index (κ1) is 34.8. The lowest BCUT2D eigenvalue weighted by atomic mass is 9.65. The van der Waals surface area contributed by atoms with Gasteiger partial charge in [-0.25, -0.2) is 0 Å². The lowest BCUT2D eigenvalue weighted by Crippen LogP contribution is -2.42. The molecule has 1 amide bonds. The first-order chi connectivity index (χ1) is 22.9. The van der Waals surface area contributed by atoms with Crippen LogP contribution in [-0.2, 0) is 14.3 Å². The monoisotopic (exact) mass is 651 g/mol. The number of amides is 1. The summed E-state index contributed by atoms with van der Waals surface area (Å²) in [6.07, 6.45) is 13.3. The van der Waals surface area contributed by atoms with E-state index in [1.165, 1.54) is 52.1 Å². The quantitative estimate of drug-likeness (QED) is 0.110. The third kappa shape index (κ3) is 8.51. The van der Waals surface area contributed by atoms with Crippen LogP contribution in [0.25, 0.3) is 0 Å². The van der Waals surface area contributed by atoms with E-state index >= 15 is 0 Å². The highest BCUT2D eigenvalue weighted by Crippen LogP contribution is 2.55. The summed E-state index contributed by atoms with van der Waals surface area (Å²) in [6.45, 7) is 5.02. The van der Waals surface area contributed by atoms with Crippen molar-refractivity contribution in [2.75, 3.05) is 40.1 Å². The van der Waals surface area contributed by atoms with E-state index in [1.807, 2.05) is 25.1 Å². The number of cyclic esters (lactones) is 1. The molecule has 1 saturated heterocycles. The molecule has 2 heterocycles. The van der Waals surface area contributed by atoms with Gasteiger partial charge in [0, 0.05) is 18.3 Å². The van der Waals surface area contributed by atoms with E-state index in [-0.39, 0.29) is 42.9 Å². The van der Waals surface area contributed by atoms with Crippen molar-refractivity contribution in [1.29, 1.82) is 0 Å². The number of phenols is 1. The predicted molar refractivity (Wildman–Crippen MR) is 180 cm³/mol. The topological polar surface area (TPSA) is 141 Å². The van der Waals surface area contributed by atoms with Gasteiger partial charge in [0.1, 0.15) is 0 Å². The van der Waals surface area contributed by atoms with Gasteiger partial charge in [0.15, 0.2) is 23.0 Å². The number of esters is 1. The van der Waals surface area contributed by atoms with Crippen molar-refractivity contribution in [3.8, 4) is 23.0 Å². The van der Waals surface area contributed by atoms with Gasteiger partial charge in [-0.05, 0) is 86.3 Å². The van der Waals surface area contributed by atoms with Gasteiger partial charge in [-0.2, -0.15) is 0 Å². The lowest BCUT2D eigenvalue weighted by molar-refractivity contribution is -0.141. The van der Waals surface area contributed by atoms with E-state index in [9.17, 15) is 14.7 Å². The van der Waals surface area contributed by atoms with E-state index in [0.717, 1.165) is 62.0 Å². The van der Waals surface area contributed by atoms with Crippen molar-refractivity contribution in [1.82, 2.24) is 10.6 Å². The fraction of sp³-hybridized carbons (Fsp3) is 0.622. The molecule has 258 valence electrons. The van der Waals surface area contributed by atoms with E-state index in [0.29, 0.717) is 29.2 Å². The smallest absolute Gasteiger partial charge is 0.310 e. The molecule has 2 aliphatic heterocycles. The lowest BCUT2D eigenvalue weighted by Gasteiger charge is -2.39. The van der Waals surface area contributed by atoms with Gasteiger partial charge in [-0.3, -0.25) is 9.59 Å². The molecule has 10 nitrogen and oxygen atoms in total. The Morgan fingerprint density at radius 3 is 2.21 bits per heavy atom. The number of rotatable bonds is 19. The summed E-state index contributed by atoms with van der Waals surface area (Å²) in [7, 11) is 1.51. The van der Waals surface area contributed by atoms with E-state index < -0.39 is 12.0 Å². The Kier molecular flexibility index (Phi) is 12.6. The largest absolute Gasteiger partial charge is 0.504 e. The Morgan fingerprint density at radius 2 is 1.53 bits per heavy atom. The number of methoxy groups -OCH3 is 1. The Hall–Kier alpha value is -3.50. The van der Waals surface area contributed by atoms with Crippen LogP contribution in [0.3, 0.4) is 0 Å². The van der Waals surface area contributed by atoms with Crippen molar-refractivity contribution >= 4 is 11.9 Å². The minimum Gasteiger partial charge on any atom is -0.504 e. The first-order valence-electron chi connectivity index (χ1n) is 17.6. The second kappa shape index (κ2) is 17.1. The summed E-state index contributed by atoms with van der Waals surface area (Å²) in [5.74, 6) is 0.206. The minimum atomic E-state index is -0.514. The molecule has 1 unspecified atom stereocenters. The molecule has 47 heavy (non-hydrogen) atoms. The average molecular weight is 652 g/mol. The maximum absolute atomic E-state index is 13.3. The number of ether oxygens (including phenoxy) is 4. The van der Waals surface area contributed by atoms with Crippen molar-refractivity contribution < 1.29 is 33.6 Å². The number of nitrogens with one attached hydrogen (secondary N) is 2. The zero-order chi connectivity index (χ0) is 33.2. The molecule has 0 spiro atoms. The minimum absolute atomic E-state index is 0.0187. The van der Waals surface area contributed by atoms with E-state index in [4.69, 9.17) is 24.7 Å². The van der Waals surface area contributed by atoms with Crippen LogP contribution < -0.4 is 30.6 Å². The number of unbranched alkanes of at least 4 members (excludes halogenated alkanes) is 9. The molecule has 10 heteroatoms. The van der Waals surface area contributed by atoms with Crippen LogP contribution in [0.1, 0.15) is 111 Å². The molecule has 0 radical (unpaired) electrons. The van der Waals surface area contributed by atoms with Gasteiger partial charge >= 0.3 is 5.97 Å². The molecule has 4 atom stereocenters. The molecule has 0 bridgehead atoms. The number of carbonyl (C=O) groups is 2. The summed E-state index contributed by atoms with van der Waals surface area (Å²) >= 11 is 0. The first-order valence-corrected chi connectivity index (χ1v) is 17.6. The number of carbonyl (C=O) groups excluding carboxylic acids is 2. The summed E-state index contributed by atoms with van der Waals surface area (Å²) in [4.78, 5) is 26.7. The second-order valence-electron chi connectivity index (χ2n) is 13.2. The molecule has 0 aromatic heterocycles. The molecular formula is C37H53N3O7. The molecule has 5 rings (SSSR count). The third-order valence-corrected chi connectivity index (χ3v) is 9.94. The Bertz CT molecular complexity index is 1370. The number of benzene rings is 2. The summed E-state index contributed by atoms with van der Waals surface area (Å²) < 4.78 is 22.6. The number of hydrogen-bond donors (Lipinski definition) is 4. The van der Waals surface area contributed by atoms with Crippen LogP contribution in [0.5, 0.6) is 23.0 Å². The molecular weight excluding hydrogens is 598 g/mol. The number of fused-ring (bicyclic) bond motifs is 3. The summed E-state index contributed by atoms with van der Waals surface area (Å²) in [6, 6.07) is 7.15. The average Bonchev–Trinajstić information content (AvgIpc) is 3.69. The van der Waals surface area contributed by atoms with Gasteiger partial charge in [0.2, 0.25) is 12.7 Å². The summed E-state index contributed by atoms with van der Waals surface area (Å²) in [5, 5.41) is 17.2. The van der Waals surface area contributed by atoms with Gasteiger partial charge in [-0.15, -0.1) is 0 Å². The zero-order valence-electron chi connectivity index (χ0n) is 28.1. The number of phenolic OH excluding ortho intramolecular Hbond substituents is 1. The molecule has 3 aliphatic rings. The number of aromatic hydroxyl groups is 1. The van der Waals surface area contributed by atoms with Gasteiger partial charge in [0.05, 0.1) is 25.7 Å². The van der Waals surface area contributed by atoms with Crippen molar-refractivity contribution in [3.05, 3.63) is 46.5 Å². The highest BCUT2D eigenvalue weighted by atomic mass is 16.7. The van der Waals surface area contributed by atoms with E-state index in [1.54, 1.807) is 6.07 Å². The summed E-state index contributed by atoms with van der Waals surface area (Å²) in [5.41, 5.74) is 8.79. The van der Waals surface area contributed by atoms with Crippen LogP contribution in [0.15, 0.2) is 24.3 Å². The number of aryl methyl sites for hydroxylation is 1.